The Morgan fingerprint density at radius 2 is 2.24 bits per heavy atom. The Bertz CT molecular complexity index is 481. The molecule has 0 bridgehead atoms. The van der Waals surface area contributed by atoms with Gasteiger partial charge in [0, 0.05) is 26.3 Å². The molecule has 2 aromatic rings. The van der Waals surface area contributed by atoms with Crippen LogP contribution in [-0.4, -0.2) is 22.1 Å². The van der Waals surface area contributed by atoms with E-state index in [0.29, 0.717) is 6.54 Å². The van der Waals surface area contributed by atoms with Crippen LogP contribution >= 0.6 is 0 Å². The number of aromatic nitrogens is 3. The third-order valence-electron chi connectivity index (χ3n) is 2.42. The normalized spacial score (nSPS) is 10.5. The van der Waals surface area contributed by atoms with Crippen molar-refractivity contribution in [3.8, 4) is 5.75 Å². The molecule has 0 fully saturated rings. The quantitative estimate of drug-likeness (QED) is 0.839. The summed E-state index contributed by atoms with van der Waals surface area (Å²) < 4.78 is 6.87. The molecule has 17 heavy (non-hydrogen) atoms. The second kappa shape index (κ2) is 5.45. The van der Waals surface area contributed by atoms with E-state index in [9.17, 15) is 0 Å². The monoisotopic (exact) mass is 232 g/mol. The van der Waals surface area contributed by atoms with Gasteiger partial charge in [-0.1, -0.05) is 17.3 Å². The van der Waals surface area contributed by atoms with Gasteiger partial charge in [0.25, 0.3) is 0 Å². The zero-order chi connectivity index (χ0) is 12.1. The third kappa shape index (κ3) is 3.29. The predicted molar refractivity (Wildman–Crippen MR) is 64.5 cm³/mol. The van der Waals surface area contributed by atoms with E-state index in [2.05, 4.69) is 21.7 Å². The van der Waals surface area contributed by atoms with Gasteiger partial charge < -0.3 is 10.1 Å². The van der Waals surface area contributed by atoms with Crippen molar-refractivity contribution in [3.05, 3.63) is 41.7 Å². The van der Waals surface area contributed by atoms with E-state index in [-0.39, 0.29) is 0 Å². The zero-order valence-electron chi connectivity index (χ0n) is 10.1. The largest absolute Gasteiger partial charge is 0.497 e. The van der Waals surface area contributed by atoms with Crippen LogP contribution in [0.1, 0.15) is 11.3 Å². The Balaban J connectivity index is 1.85. The molecule has 0 radical (unpaired) electrons. The van der Waals surface area contributed by atoms with Crippen molar-refractivity contribution in [1.82, 2.24) is 20.3 Å². The molecule has 0 saturated carbocycles. The Labute approximate surface area is 100 Å². The molecule has 5 nitrogen and oxygen atoms in total. The molecule has 2 rings (SSSR count). The first-order valence-electron chi connectivity index (χ1n) is 5.47. The number of nitrogens with zero attached hydrogens (tertiary/aromatic N) is 3. The molecular formula is C12H16N4O. The van der Waals surface area contributed by atoms with Gasteiger partial charge in [-0.3, -0.25) is 4.68 Å². The smallest absolute Gasteiger partial charge is 0.119 e. The molecule has 0 amide bonds. The van der Waals surface area contributed by atoms with Gasteiger partial charge in [0.15, 0.2) is 0 Å². The highest BCUT2D eigenvalue weighted by molar-refractivity contribution is 5.28. The second-order valence-corrected chi connectivity index (χ2v) is 3.84. The van der Waals surface area contributed by atoms with Crippen molar-refractivity contribution in [2.75, 3.05) is 7.11 Å². The number of methoxy groups -OCH3 is 1. The van der Waals surface area contributed by atoms with E-state index in [1.54, 1.807) is 11.8 Å². The van der Waals surface area contributed by atoms with Crippen LogP contribution in [0.25, 0.3) is 0 Å². The van der Waals surface area contributed by atoms with Crippen LogP contribution in [0.5, 0.6) is 5.75 Å². The van der Waals surface area contributed by atoms with E-state index in [0.717, 1.165) is 18.0 Å². The molecule has 0 saturated heterocycles. The van der Waals surface area contributed by atoms with E-state index in [1.807, 2.05) is 31.4 Å². The van der Waals surface area contributed by atoms with Crippen LogP contribution in [0.2, 0.25) is 0 Å². The number of benzene rings is 1. The van der Waals surface area contributed by atoms with Crippen molar-refractivity contribution in [2.24, 2.45) is 7.05 Å². The Kier molecular flexibility index (Phi) is 3.72. The second-order valence-electron chi connectivity index (χ2n) is 3.84. The average Bonchev–Trinajstić information content (AvgIpc) is 2.75. The highest BCUT2D eigenvalue weighted by atomic mass is 16.5. The average molecular weight is 232 g/mol. The van der Waals surface area contributed by atoms with Crippen LogP contribution in [0.15, 0.2) is 30.5 Å². The molecule has 1 N–H and O–H groups in total. The minimum absolute atomic E-state index is 0.713. The molecule has 0 aliphatic carbocycles. The van der Waals surface area contributed by atoms with Crippen LogP contribution in [0.3, 0.4) is 0 Å². The summed E-state index contributed by atoms with van der Waals surface area (Å²) in [5.41, 5.74) is 2.13. The van der Waals surface area contributed by atoms with Gasteiger partial charge in [0.1, 0.15) is 5.75 Å². The Morgan fingerprint density at radius 3 is 2.94 bits per heavy atom. The summed E-state index contributed by atoms with van der Waals surface area (Å²) in [5.74, 6) is 0.879. The highest BCUT2D eigenvalue weighted by Gasteiger charge is 1.99. The SMILES string of the molecule is COc1cccc(CNCc2cn(C)nn2)c1. The number of ether oxygens (including phenoxy) is 1. The first kappa shape index (κ1) is 11.6. The fraction of sp³-hybridized carbons (Fsp3) is 0.333. The lowest BCUT2D eigenvalue weighted by atomic mass is 10.2. The summed E-state index contributed by atoms with van der Waals surface area (Å²) in [6.07, 6.45) is 1.90. The van der Waals surface area contributed by atoms with Gasteiger partial charge in [0.05, 0.1) is 12.8 Å². The first-order valence-corrected chi connectivity index (χ1v) is 5.47. The van der Waals surface area contributed by atoms with Crippen LogP contribution in [-0.2, 0) is 20.1 Å². The standard InChI is InChI=1S/C12H16N4O/c1-16-9-11(14-15-16)8-13-7-10-4-3-5-12(6-10)17-2/h3-6,9,13H,7-8H2,1-2H3. The van der Waals surface area contributed by atoms with Crippen LogP contribution in [0, 0.1) is 0 Å². The Hall–Kier alpha value is -1.88. The molecule has 0 atom stereocenters. The summed E-state index contributed by atoms with van der Waals surface area (Å²) in [4.78, 5) is 0. The topological polar surface area (TPSA) is 52.0 Å². The van der Waals surface area contributed by atoms with Gasteiger partial charge in [-0.15, -0.1) is 5.10 Å². The molecule has 0 unspecified atom stereocenters. The lowest BCUT2D eigenvalue weighted by molar-refractivity contribution is 0.414. The summed E-state index contributed by atoms with van der Waals surface area (Å²) in [6, 6.07) is 8.00. The summed E-state index contributed by atoms with van der Waals surface area (Å²) in [5, 5.41) is 11.2. The maximum atomic E-state index is 5.17. The van der Waals surface area contributed by atoms with Gasteiger partial charge in [-0.25, -0.2) is 0 Å². The van der Waals surface area contributed by atoms with Gasteiger partial charge in [0.2, 0.25) is 0 Å². The van der Waals surface area contributed by atoms with Crippen LogP contribution in [0.4, 0.5) is 0 Å². The molecule has 0 aliphatic rings. The molecule has 90 valence electrons. The molecule has 0 aliphatic heterocycles. The molecule has 5 heteroatoms. The lowest BCUT2D eigenvalue weighted by Gasteiger charge is -2.05. The maximum Gasteiger partial charge on any atom is 0.119 e. The van der Waals surface area contributed by atoms with E-state index in [4.69, 9.17) is 4.74 Å². The predicted octanol–water partition coefficient (Wildman–Crippen LogP) is 1.11. The molecule has 1 aromatic heterocycles. The Morgan fingerprint density at radius 1 is 1.35 bits per heavy atom. The number of rotatable bonds is 5. The van der Waals surface area contributed by atoms with Crippen molar-refractivity contribution in [1.29, 1.82) is 0 Å². The third-order valence-corrected chi connectivity index (χ3v) is 2.42. The van der Waals surface area contributed by atoms with Crippen molar-refractivity contribution < 1.29 is 4.74 Å². The van der Waals surface area contributed by atoms with Crippen molar-refractivity contribution in [3.63, 3.8) is 0 Å². The van der Waals surface area contributed by atoms with E-state index in [1.165, 1.54) is 5.56 Å². The van der Waals surface area contributed by atoms with E-state index >= 15 is 0 Å². The van der Waals surface area contributed by atoms with Gasteiger partial charge >= 0.3 is 0 Å². The number of nitrogens with one attached hydrogen (secondary N) is 1. The van der Waals surface area contributed by atoms with Crippen LogP contribution < -0.4 is 10.1 Å². The lowest BCUT2D eigenvalue weighted by Crippen LogP contribution is -2.12. The van der Waals surface area contributed by atoms with Gasteiger partial charge in [-0.05, 0) is 17.7 Å². The summed E-state index contributed by atoms with van der Waals surface area (Å²) >= 11 is 0. The molecule has 1 heterocycles. The highest BCUT2D eigenvalue weighted by Crippen LogP contribution is 2.12. The summed E-state index contributed by atoms with van der Waals surface area (Å²) in [6.45, 7) is 1.50. The summed E-state index contributed by atoms with van der Waals surface area (Å²) in [7, 11) is 3.53. The zero-order valence-corrected chi connectivity index (χ0v) is 10.1. The van der Waals surface area contributed by atoms with Gasteiger partial charge in [-0.2, -0.15) is 0 Å². The molecule has 0 spiro atoms. The number of aryl methyl sites for hydroxylation is 1. The minimum Gasteiger partial charge on any atom is -0.497 e. The minimum atomic E-state index is 0.713. The number of hydrogen-bond donors (Lipinski definition) is 1. The van der Waals surface area contributed by atoms with Crippen molar-refractivity contribution in [2.45, 2.75) is 13.1 Å². The van der Waals surface area contributed by atoms with E-state index < -0.39 is 0 Å². The fourth-order valence-corrected chi connectivity index (χ4v) is 1.59. The maximum absolute atomic E-state index is 5.17. The molecular weight excluding hydrogens is 216 g/mol. The fourth-order valence-electron chi connectivity index (χ4n) is 1.59. The first-order chi connectivity index (χ1) is 8.28. The number of hydrogen-bond acceptors (Lipinski definition) is 4. The molecule has 1 aromatic carbocycles. The van der Waals surface area contributed by atoms with Crippen molar-refractivity contribution >= 4 is 0 Å².